The molecule has 0 radical (unpaired) electrons. The lowest BCUT2D eigenvalue weighted by molar-refractivity contribution is -0.135. The summed E-state index contributed by atoms with van der Waals surface area (Å²) in [5, 5.41) is 0. The van der Waals surface area contributed by atoms with Gasteiger partial charge in [0, 0.05) is 17.9 Å². The number of hydrogen-bond acceptors (Lipinski definition) is 3. The topological polar surface area (TPSA) is 42.4 Å². The van der Waals surface area contributed by atoms with Gasteiger partial charge in [-0.15, -0.1) is 0 Å². The van der Waals surface area contributed by atoms with E-state index in [0.717, 1.165) is 25.0 Å². The second-order valence-corrected chi connectivity index (χ2v) is 6.86. The molecule has 130 valence electrons. The average molecular weight is 340 g/mol. The van der Waals surface area contributed by atoms with Crippen LogP contribution in [0.1, 0.15) is 25.0 Å². The smallest absolute Gasteiger partial charge is 0.229 e. The van der Waals surface area contributed by atoms with Gasteiger partial charge in [0.05, 0.1) is 12.5 Å². The van der Waals surface area contributed by atoms with Gasteiger partial charge in [0.2, 0.25) is 5.91 Å². The number of rotatable bonds is 5. The van der Waals surface area contributed by atoms with Crippen molar-refractivity contribution < 1.29 is 13.9 Å². The molecule has 1 aliphatic carbocycles. The molecule has 0 unspecified atom stereocenters. The molecule has 0 spiro atoms. The van der Waals surface area contributed by atoms with Crippen molar-refractivity contribution in [2.24, 2.45) is 5.92 Å². The van der Waals surface area contributed by atoms with Crippen LogP contribution in [0.25, 0.3) is 0 Å². The van der Waals surface area contributed by atoms with E-state index in [9.17, 15) is 9.18 Å². The molecule has 1 aromatic heterocycles. The number of nitrogens with zero attached hydrogens (tertiary/aromatic N) is 2. The minimum atomic E-state index is -0.278. The van der Waals surface area contributed by atoms with Crippen LogP contribution in [0, 0.1) is 11.7 Å². The van der Waals surface area contributed by atoms with E-state index >= 15 is 0 Å². The minimum absolute atomic E-state index is 0.0972. The van der Waals surface area contributed by atoms with Crippen LogP contribution in [0.5, 0.6) is 5.75 Å². The van der Waals surface area contributed by atoms with Crippen molar-refractivity contribution in [1.29, 1.82) is 0 Å². The third kappa shape index (κ3) is 3.36. The summed E-state index contributed by atoms with van der Waals surface area (Å²) in [4.78, 5) is 19.1. The number of carbonyl (C=O) groups excluding carboxylic acids is 1. The molecule has 1 amide bonds. The van der Waals surface area contributed by atoms with Gasteiger partial charge in [0.1, 0.15) is 18.2 Å². The van der Waals surface area contributed by atoms with Crippen molar-refractivity contribution in [2.45, 2.75) is 37.8 Å². The van der Waals surface area contributed by atoms with Crippen LogP contribution in [0.2, 0.25) is 0 Å². The molecule has 2 fully saturated rings. The Bertz CT molecular complexity index is 735. The number of piperidine rings is 1. The lowest BCUT2D eigenvalue weighted by Gasteiger charge is -2.35. The average Bonchev–Trinajstić information content (AvgIpc) is 3.23. The highest BCUT2D eigenvalue weighted by Gasteiger charge is 2.48. The molecule has 4 nitrogen and oxygen atoms in total. The summed E-state index contributed by atoms with van der Waals surface area (Å²) in [6, 6.07) is 12.1. The second kappa shape index (κ2) is 6.82. The number of halogens is 1. The maximum absolute atomic E-state index is 13.0. The Kier molecular flexibility index (Phi) is 4.38. The summed E-state index contributed by atoms with van der Waals surface area (Å²) >= 11 is 0. The van der Waals surface area contributed by atoms with E-state index in [-0.39, 0.29) is 17.8 Å². The Labute approximate surface area is 146 Å². The van der Waals surface area contributed by atoms with Crippen LogP contribution >= 0.6 is 0 Å². The summed E-state index contributed by atoms with van der Waals surface area (Å²) in [6.07, 6.45) is 5.33. The van der Waals surface area contributed by atoms with E-state index in [4.69, 9.17) is 4.74 Å². The predicted octanol–water partition coefficient (Wildman–Crippen LogP) is 3.22. The molecular weight excluding hydrogens is 319 g/mol. The maximum atomic E-state index is 13.0. The predicted molar refractivity (Wildman–Crippen MR) is 91.6 cm³/mol. The quantitative estimate of drug-likeness (QED) is 0.839. The summed E-state index contributed by atoms with van der Waals surface area (Å²) in [6.45, 7) is 0.459. The van der Waals surface area contributed by atoms with Gasteiger partial charge in [0.15, 0.2) is 0 Å². The number of benzene rings is 1. The summed E-state index contributed by atoms with van der Waals surface area (Å²) in [5.41, 5.74) is 0.800. The fraction of sp³-hybridized carbons (Fsp3) is 0.400. The van der Waals surface area contributed by atoms with Crippen molar-refractivity contribution >= 4 is 5.91 Å². The zero-order valence-electron chi connectivity index (χ0n) is 14.0. The zero-order chi connectivity index (χ0) is 17.2. The van der Waals surface area contributed by atoms with E-state index in [1.165, 1.54) is 12.1 Å². The largest absolute Gasteiger partial charge is 0.491 e. The van der Waals surface area contributed by atoms with Crippen molar-refractivity contribution in [2.75, 3.05) is 6.61 Å². The highest BCUT2D eigenvalue weighted by Crippen LogP contribution is 2.42. The number of amides is 1. The molecule has 2 aromatic rings. The SMILES string of the molecule is O=C(Cc1ccccn1)N1[C@H]2CC[C@H](C2)[C@@H]1COc1ccc(F)cc1. The monoisotopic (exact) mass is 340 g/mol. The number of carbonyl (C=O) groups is 1. The van der Waals surface area contributed by atoms with E-state index in [2.05, 4.69) is 4.98 Å². The van der Waals surface area contributed by atoms with Gasteiger partial charge in [-0.1, -0.05) is 6.07 Å². The van der Waals surface area contributed by atoms with E-state index in [0.29, 0.717) is 30.7 Å². The van der Waals surface area contributed by atoms with Crippen LogP contribution in [-0.4, -0.2) is 34.5 Å². The number of aromatic nitrogens is 1. The van der Waals surface area contributed by atoms with E-state index in [1.807, 2.05) is 23.1 Å². The van der Waals surface area contributed by atoms with Crippen molar-refractivity contribution in [3.8, 4) is 5.75 Å². The molecule has 1 saturated heterocycles. The van der Waals surface area contributed by atoms with Gasteiger partial charge in [-0.3, -0.25) is 9.78 Å². The molecule has 5 heteroatoms. The Morgan fingerprint density at radius 2 is 2.04 bits per heavy atom. The normalized spacial score (nSPS) is 24.5. The molecular formula is C20H21FN2O2. The highest BCUT2D eigenvalue weighted by atomic mass is 19.1. The van der Waals surface area contributed by atoms with Gasteiger partial charge in [-0.05, 0) is 61.6 Å². The highest BCUT2D eigenvalue weighted by molar-refractivity contribution is 5.79. The lowest BCUT2D eigenvalue weighted by atomic mass is 9.99. The molecule has 2 aliphatic rings. The summed E-state index contributed by atoms with van der Waals surface area (Å²) < 4.78 is 18.9. The number of pyridine rings is 1. The fourth-order valence-corrected chi connectivity index (χ4v) is 4.16. The Morgan fingerprint density at radius 3 is 2.80 bits per heavy atom. The molecule has 3 atom stereocenters. The van der Waals surface area contributed by atoms with Crippen molar-refractivity contribution in [1.82, 2.24) is 9.88 Å². The number of fused-ring (bicyclic) bond motifs is 2. The van der Waals surface area contributed by atoms with Crippen LogP contribution in [-0.2, 0) is 11.2 Å². The maximum Gasteiger partial charge on any atom is 0.229 e. The zero-order valence-corrected chi connectivity index (χ0v) is 14.0. The number of ether oxygens (including phenoxy) is 1. The third-order valence-electron chi connectivity index (χ3n) is 5.32. The van der Waals surface area contributed by atoms with Crippen molar-refractivity contribution in [3.63, 3.8) is 0 Å². The fourth-order valence-electron chi connectivity index (χ4n) is 4.16. The minimum Gasteiger partial charge on any atom is -0.491 e. The van der Waals surface area contributed by atoms with Gasteiger partial charge in [-0.25, -0.2) is 4.39 Å². The molecule has 2 bridgehead atoms. The van der Waals surface area contributed by atoms with Gasteiger partial charge >= 0.3 is 0 Å². The first kappa shape index (κ1) is 16.1. The van der Waals surface area contributed by atoms with Crippen LogP contribution in [0.3, 0.4) is 0 Å². The molecule has 1 aliphatic heterocycles. The van der Waals surface area contributed by atoms with Gasteiger partial charge in [0.25, 0.3) is 0 Å². The summed E-state index contributed by atoms with van der Waals surface area (Å²) in [5.74, 6) is 0.984. The molecule has 1 saturated carbocycles. The Morgan fingerprint density at radius 1 is 1.20 bits per heavy atom. The van der Waals surface area contributed by atoms with Crippen LogP contribution in [0.15, 0.2) is 48.7 Å². The first-order valence-corrected chi connectivity index (χ1v) is 8.80. The summed E-state index contributed by atoms with van der Waals surface area (Å²) in [7, 11) is 0. The Balaban J connectivity index is 1.44. The van der Waals surface area contributed by atoms with Gasteiger partial charge < -0.3 is 9.64 Å². The van der Waals surface area contributed by atoms with Gasteiger partial charge in [-0.2, -0.15) is 0 Å². The second-order valence-electron chi connectivity index (χ2n) is 6.86. The van der Waals surface area contributed by atoms with E-state index in [1.54, 1.807) is 18.3 Å². The van der Waals surface area contributed by atoms with E-state index < -0.39 is 0 Å². The first-order chi connectivity index (χ1) is 12.2. The number of hydrogen-bond donors (Lipinski definition) is 0. The first-order valence-electron chi connectivity index (χ1n) is 8.80. The molecule has 2 heterocycles. The molecule has 4 rings (SSSR count). The molecule has 25 heavy (non-hydrogen) atoms. The molecule has 0 N–H and O–H groups in total. The number of likely N-dealkylation sites (tertiary alicyclic amines) is 1. The van der Waals surface area contributed by atoms with Crippen molar-refractivity contribution in [3.05, 3.63) is 60.2 Å². The van der Waals surface area contributed by atoms with Crippen LogP contribution < -0.4 is 4.74 Å². The third-order valence-corrected chi connectivity index (χ3v) is 5.32. The molecule has 1 aromatic carbocycles. The lowest BCUT2D eigenvalue weighted by Crippen LogP contribution is -2.48. The standard InChI is InChI=1S/C20H21FN2O2/c21-15-5-8-18(9-6-15)25-13-19-14-4-7-17(11-14)23(19)20(24)12-16-3-1-2-10-22-16/h1-3,5-6,8-10,14,17,19H,4,7,11-13H2/t14-,17+,19+/m1/s1. The Hall–Kier alpha value is -2.43. The van der Waals surface area contributed by atoms with Crippen LogP contribution in [0.4, 0.5) is 4.39 Å².